The molecule has 1 rings (SSSR count). The smallest absolute Gasteiger partial charge is 0.128 e. The molecule has 86 valence electrons. The van der Waals surface area contributed by atoms with Crippen molar-refractivity contribution in [2.45, 2.75) is 19.9 Å². The van der Waals surface area contributed by atoms with Gasteiger partial charge in [0.1, 0.15) is 5.82 Å². The van der Waals surface area contributed by atoms with E-state index in [1.807, 2.05) is 17.9 Å². The van der Waals surface area contributed by atoms with Gasteiger partial charge < -0.3 is 0 Å². The molecule has 0 radical (unpaired) electrons. The number of hydrogen-bond acceptors (Lipinski definition) is 2. The summed E-state index contributed by atoms with van der Waals surface area (Å²) in [6, 6.07) is 7.11. The SMILES string of the molecule is CCCN(CC#N)Cc1ccc(Br)cc1F. The van der Waals surface area contributed by atoms with Gasteiger partial charge in [-0.25, -0.2) is 4.39 Å². The van der Waals surface area contributed by atoms with Gasteiger partial charge in [0.15, 0.2) is 0 Å². The molecule has 0 saturated carbocycles. The topological polar surface area (TPSA) is 27.0 Å². The number of nitriles is 1. The highest BCUT2D eigenvalue weighted by Crippen LogP contribution is 2.16. The van der Waals surface area contributed by atoms with Crippen LogP contribution in [-0.2, 0) is 6.54 Å². The van der Waals surface area contributed by atoms with E-state index in [-0.39, 0.29) is 5.82 Å². The summed E-state index contributed by atoms with van der Waals surface area (Å²) < 4.78 is 14.3. The summed E-state index contributed by atoms with van der Waals surface area (Å²) in [5.74, 6) is -0.228. The van der Waals surface area contributed by atoms with Crippen molar-refractivity contribution in [1.29, 1.82) is 5.26 Å². The lowest BCUT2D eigenvalue weighted by molar-refractivity contribution is 0.294. The lowest BCUT2D eigenvalue weighted by atomic mass is 10.2. The number of rotatable bonds is 5. The Balaban J connectivity index is 2.73. The molecule has 0 heterocycles. The predicted molar refractivity (Wildman–Crippen MR) is 65.3 cm³/mol. The Morgan fingerprint density at radius 1 is 1.50 bits per heavy atom. The maximum absolute atomic E-state index is 13.6. The van der Waals surface area contributed by atoms with Crippen molar-refractivity contribution in [2.75, 3.05) is 13.1 Å². The molecule has 0 unspecified atom stereocenters. The molecule has 0 fully saturated rings. The van der Waals surface area contributed by atoms with Gasteiger partial charge in [0.05, 0.1) is 12.6 Å². The fourth-order valence-electron chi connectivity index (χ4n) is 1.52. The van der Waals surface area contributed by atoms with E-state index < -0.39 is 0 Å². The highest BCUT2D eigenvalue weighted by molar-refractivity contribution is 9.10. The zero-order valence-corrected chi connectivity index (χ0v) is 10.8. The molecular formula is C12H14BrFN2. The van der Waals surface area contributed by atoms with Crippen molar-refractivity contribution in [3.05, 3.63) is 34.1 Å². The molecule has 0 spiro atoms. The maximum atomic E-state index is 13.6. The molecule has 0 saturated heterocycles. The first-order valence-electron chi connectivity index (χ1n) is 5.20. The second-order valence-corrected chi connectivity index (χ2v) is 4.52. The van der Waals surface area contributed by atoms with Crippen LogP contribution in [0.25, 0.3) is 0 Å². The van der Waals surface area contributed by atoms with E-state index in [0.717, 1.165) is 17.4 Å². The van der Waals surface area contributed by atoms with Gasteiger partial charge in [-0.2, -0.15) is 5.26 Å². The Bertz CT molecular complexity index is 387. The van der Waals surface area contributed by atoms with E-state index in [1.54, 1.807) is 6.07 Å². The highest BCUT2D eigenvalue weighted by Gasteiger charge is 2.08. The average molecular weight is 285 g/mol. The Morgan fingerprint density at radius 2 is 2.25 bits per heavy atom. The van der Waals surface area contributed by atoms with Crippen LogP contribution in [0.5, 0.6) is 0 Å². The summed E-state index contributed by atoms with van der Waals surface area (Å²) in [5.41, 5.74) is 0.631. The van der Waals surface area contributed by atoms with Crippen molar-refractivity contribution in [3.63, 3.8) is 0 Å². The van der Waals surface area contributed by atoms with Gasteiger partial charge in [0.2, 0.25) is 0 Å². The van der Waals surface area contributed by atoms with Crippen molar-refractivity contribution >= 4 is 15.9 Å². The third kappa shape index (κ3) is 3.92. The first-order valence-corrected chi connectivity index (χ1v) is 6.00. The summed E-state index contributed by atoms with van der Waals surface area (Å²) in [4.78, 5) is 1.94. The zero-order chi connectivity index (χ0) is 12.0. The minimum atomic E-state index is -0.228. The third-order valence-corrected chi connectivity index (χ3v) is 2.74. The lowest BCUT2D eigenvalue weighted by Gasteiger charge is -2.18. The molecule has 0 bridgehead atoms. The van der Waals surface area contributed by atoms with Crippen LogP contribution in [-0.4, -0.2) is 18.0 Å². The second kappa shape index (κ2) is 6.62. The molecule has 0 aromatic heterocycles. The Labute approximate surface area is 104 Å². The van der Waals surface area contributed by atoms with Crippen LogP contribution in [0.1, 0.15) is 18.9 Å². The van der Waals surface area contributed by atoms with Gasteiger partial charge in [-0.1, -0.05) is 28.9 Å². The minimum Gasteiger partial charge on any atom is -0.286 e. The van der Waals surface area contributed by atoms with E-state index in [1.165, 1.54) is 6.07 Å². The number of benzene rings is 1. The van der Waals surface area contributed by atoms with Gasteiger partial charge in [-0.3, -0.25) is 4.90 Å². The number of halogens is 2. The molecule has 0 atom stereocenters. The summed E-state index contributed by atoms with van der Waals surface area (Å²) in [6.07, 6.45) is 0.958. The van der Waals surface area contributed by atoms with Crippen molar-refractivity contribution < 1.29 is 4.39 Å². The highest BCUT2D eigenvalue weighted by atomic mass is 79.9. The van der Waals surface area contributed by atoms with Crippen LogP contribution < -0.4 is 0 Å². The van der Waals surface area contributed by atoms with Crippen molar-refractivity contribution in [3.8, 4) is 6.07 Å². The monoisotopic (exact) mass is 284 g/mol. The Kier molecular flexibility index (Phi) is 5.44. The number of nitrogens with zero attached hydrogens (tertiary/aromatic N) is 2. The van der Waals surface area contributed by atoms with Gasteiger partial charge in [0.25, 0.3) is 0 Å². The van der Waals surface area contributed by atoms with Crippen LogP contribution in [0, 0.1) is 17.1 Å². The van der Waals surface area contributed by atoms with Crippen LogP contribution in [0.15, 0.2) is 22.7 Å². The molecule has 0 aliphatic heterocycles. The molecule has 16 heavy (non-hydrogen) atoms. The molecule has 0 amide bonds. The summed E-state index contributed by atoms with van der Waals surface area (Å²) >= 11 is 3.22. The molecule has 1 aromatic rings. The summed E-state index contributed by atoms with van der Waals surface area (Å²) in [5, 5.41) is 8.66. The van der Waals surface area contributed by atoms with Crippen molar-refractivity contribution in [2.24, 2.45) is 0 Å². The van der Waals surface area contributed by atoms with Gasteiger partial charge in [-0.05, 0) is 25.1 Å². The normalized spacial score (nSPS) is 10.4. The van der Waals surface area contributed by atoms with E-state index >= 15 is 0 Å². The molecule has 4 heteroatoms. The number of hydrogen-bond donors (Lipinski definition) is 0. The standard InChI is InChI=1S/C12H14BrFN2/c1-2-6-16(7-5-15)9-10-3-4-11(13)8-12(10)14/h3-4,8H,2,6-7,9H2,1H3. The first-order chi connectivity index (χ1) is 7.67. The first kappa shape index (κ1) is 13.1. The maximum Gasteiger partial charge on any atom is 0.128 e. The third-order valence-electron chi connectivity index (χ3n) is 2.24. The van der Waals surface area contributed by atoms with Gasteiger partial charge >= 0.3 is 0 Å². The van der Waals surface area contributed by atoms with Crippen LogP contribution in [0.3, 0.4) is 0 Å². The molecule has 0 N–H and O–H groups in total. The minimum absolute atomic E-state index is 0.228. The van der Waals surface area contributed by atoms with Crippen LogP contribution in [0.4, 0.5) is 4.39 Å². The van der Waals surface area contributed by atoms with Crippen molar-refractivity contribution in [1.82, 2.24) is 4.90 Å². The molecule has 1 aromatic carbocycles. The fourth-order valence-corrected chi connectivity index (χ4v) is 1.85. The average Bonchev–Trinajstić information content (AvgIpc) is 2.23. The van der Waals surface area contributed by atoms with Crippen LogP contribution in [0.2, 0.25) is 0 Å². The Hall–Kier alpha value is -0.920. The lowest BCUT2D eigenvalue weighted by Crippen LogP contribution is -2.24. The fraction of sp³-hybridized carbons (Fsp3) is 0.417. The van der Waals surface area contributed by atoms with Gasteiger partial charge in [-0.15, -0.1) is 0 Å². The molecule has 0 aliphatic rings. The summed E-state index contributed by atoms with van der Waals surface area (Å²) in [6.45, 7) is 3.68. The predicted octanol–water partition coefficient (Wildman–Crippen LogP) is 3.32. The molecular weight excluding hydrogens is 271 g/mol. The Morgan fingerprint density at radius 3 is 2.81 bits per heavy atom. The van der Waals surface area contributed by atoms with Crippen LogP contribution >= 0.6 is 15.9 Å². The second-order valence-electron chi connectivity index (χ2n) is 3.60. The van der Waals surface area contributed by atoms with E-state index in [2.05, 4.69) is 22.0 Å². The van der Waals surface area contributed by atoms with E-state index in [9.17, 15) is 4.39 Å². The largest absolute Gasteiger partial charge is 0.286 e. The zero-order valence-electron chi connectivity index (χ0n) is 9.21. The van der Waals surface area contributed by atoms with E-state index in [0.29, 0.717) is 18.7 Å². The van der Waals surface area contributed by atoms with E-state index in [4.69, 9.17) is 5.26 Å². The molecule has 2 nitrogen and oxygen atoms in total. The molecule has 0 aliphatic carbocycles. The summed E-state index contributed by atoms with van der Waals surface area (Å²) in [7, 11) is 0. The van der Waals surface area contributed by atoms with Gasteiger partial charge in [0, 0.05) is 16.6 Å². The quantitative estimate of drug-likeness (QED) is 0.776.